The second-order valence-electron chi connectivity index (χ2n) is 4.93. The van der Waals surface area contributed by atoms with Gasteiger partial charge in [-0.25, -0.2) is 0 Å². The molecule has 0 aliphatic carbocycles. The average molecular weight is 265 g/mol. The average Bonchev–Trinajstić information content (AvgIpc) is 2.44. The lowest BCUT2D eigenvalue weighted by Gasteiger charge is -2.32. The molecule has 0 spiro atoms. The molecule has 19 heavy (non-hydrogen) atoms. The Hall–Kier alpha value is -1.22. The number of hydrogen-bond donors (Lipinski definition) is 2. The van der Waals surface area contributed by atoms with E-state index >= 15 is 0 Å². The molecule has 3 heteroatoms. The van der Waals surface area contributed by atoms with E-state index < -0.39 is 0 Å². The molecule has 3 nitrogen and oxygen atoms in total. The second kappa shape index (κ2) is 7.39. The first kappa shape index (κ1) is 15.8. The summed E-state index contributed by atoms with van der Waals surface area (Å²) < 4.78 is 5.41. The van der Waals surface area contributed by atoms with E-state index in [1.807, 2.05) is 19.1 Å². The van der Waals surface area contributed by atoms with E-state index in [2.05, 4.69) is 26.1 Å². The van der Waals surface area contributed by atoms with Crippen LogP contribution < -0.4 is 10.1 Å². The number of aromatic hydroxyl groups is 1. The molecule has 0 aromatic heterocycles. The van der Waals surface area contributed by atoms with Gasteiger partial charge in [0.05, 0.1) is 6.61 Å². The summed E-state index contributed by atoms with van der Waals surface area (Å²) in [6, 6.07) is 5.56. The second-order valence-corrected chi connectivity index (χ2v) is 4.93. The predicted octanol–water partition coefficient (Wildman–Crippen LogP) is 3.85. The van der Waals surface area contributed by atoms with Gasteiger partial charge in [0.15, 0.2) is 11.5 Å². The van der Waals surface area contributed by atoms with Crippen LogP contribution >= 0.6 is 0 Å². The molecule has 1 rings (SSSR count). The molecule has 1 aromatic rings. The van der Waals surface area contributed by atoms with Gasteiger partial charge in [-0.1, -0.05) is 26.8 Å². The molecule has 0 unspecified atom stereocenters. The summed E-state index contributed by atoms with van der Waals surface area (Å²) in [4.78, 5) is 0. The predicted molar refractivity (Wildman–Crippen MR) is 79.7 cm³/mol. The fraction of sp³-hybridized carbons (Fsp3) is 0.625. The highest BCUT2D eigenvalue weighted by atomic mass is 16.5. The Labute approximate surface area is 117 Å². The molecule has 0 radical (unpaired) electrons. The number of nitrogens with one attached hydrogen (secondary N) is 1. The summed E-state index contributed by atoms with van der Waals surface area (Å²) in [6.45, 7) is 9.96. The molecule has 0 heterocycles. The SMILES string of the molecule is CCOc1cc(CNC(CC)(CC)CC)ccc1O. The summed E-state index contributed by atoms with van der Waals surface area (Å²) in [5.74, 6) is 0.773. The fourth-order valence-corrected chi connectivity index (χ4v) is 2.35. The Morgan fingerprint density at radius 1 is 1.11 bits per heavy atom. The van der Waals surface area contributed by atoms with E-state index in [1.165, 1.54) is 0 Å². The van der Waals surface area contributed by atoms with Crippen LogP contribution in [0.2, 0.25) is 0 Å². The maximum absolute atomic E-state index is 9.69. The Morgan fingerprint density at radius 3 is 2.26 bits per heavy atom. The maximum atomic E-state index is 9.69. The molecule has 0 saturated carbocycles. The fourth-order valence-electron chi connectivity index (χ4n) is 2.35. The van der Waals surface area contributed by atoms with Crippen molar-refractivity contribution in [2.24, 2.45) is 0 Å². The largest absolute Gasteiger partial charge is 0.504 e. The van der Waals surface area contributed by atoms with Crippen molar-refractivity contribution in [1.29, 1.82) is 0 Å². The maximum Gasteiger partial charge on any atom is 0.161 e. The monoisotopic (exact) mass is 265 g/mol. The minimum Gasteiger partial charge on any atom is -0.504 e. The van der Waals surface area contributed by atoms with Gasteiger partial charge in [-0.05, 0) is 43.9 Å². The third-order valence-electron chi connectivity index (χ3n) is 4.02. The van der Waals surface area contributed by atoms with Gasteiger partial charge in [0.25, 0.3) is 0 Å². The highest BCUT2D eigenvalue weighted by Crippen LogP contribution is 2.27. The zero-order valence-electron chi connectivity index (χ0n) is 12.6. The Kier molecular flexibility index (Phi) is 6.16. The smallest absolute Gasteiger partial charge is 0.161 e. The first-order valence-corrected chi connectivity index (χ1v) is 7.30. The number of ether oxygens (including phenoxy) is 1. The highest BCUT2D eigenvalue weighted by molar-refractivity contribution is 5.41. The van der Waals surface area contributed by atoms with Crippen LogP contribution in [0.4, 0.5) is 0 Å². The number of hydrogen-bond acceptors (Lipinski definition) is 3. The van der Waals surface area contributed by atoms with Crippen molar-refractivity contribution in [3.63, 3.8) is 0 Å². The van der Waals surface area contributed by atoms with Crippen molar-refractivity contribution in [3.8, 4) is 11.5 Å². The van der Waals surface area contributed by atoms with Gasteiger partial charge in [0.2, 0.25) is 0 Å². The van der Waals surface area contributed by atoms with Crippen LogP contribution in [-0.2, 0) is 6.54 Å². The summed E-state index contributed by atoms with van der Waals surface area (Å²) >= 11 is 0. The third kappa shape index (κ3) is 4.13. The standard InChI is InChI=1S/C16H27NO2/c1-5-16(6-2,7-3)17-12-13-9-10-14(18)15(11-13)19-8-4/h9-11,17-18H,5-8,12H2,1-4H3. The molecular weight excluding hydrogens is 238 g/mol. The van der Waals surface area contributed by atoms with Crippen molar-refractivity contribution in [2.75, 3.05) is 6.61 Å². The van der Waals surface area contributed by atoms with Crippen molar-refractivity contribution in [1.82, 2.24) is 5.32 Å². The molecular formula is C16H27NO2. The molecule has 0 aliphatic rings. The minimum atomic E-state index is 0.207. The molecule has 0 amide bonds. The molecule has 108 valence electrons. The summed E-state index contributed by atoms with van der Waals surface area (Å²) in [5.41, 5.74) is 1.35. The lowest BCUT2D eigenvalue weighted by molar-refractivity contribution is 0.287. The van der Waals surface area contributed by atoms with Crippen LogP contribution in [-0.4, -0.2) is 17.3 Å². The zero-order valence-corrected chi connectivity index (χ0v) is 12.6. The summed E-state index contributed by atoms with van der Waals surface area (Å²) in [5, 5.41) is 13.3. The molecule has 1 aromatic carbocycles. The first-order valence-electron chi connectivity index (χ1n) is 7.30. The highest BCUT2D eigenvalue weighted by Gasteiger charge is 2.22. The van der Waals surface area contributed by atoms with E-state index in [1.54, 1.807) is 6.07 Å². The van der Waals surface area contributed by atoms with Gasteiger partial charge in [0, 0.05) is 12.1 Å². The van der Waals surface area contributed by atoms with Gasteiger partial charge in [-0.15, -0.1) is 0 Å². The summed E-state index contributed by atoms with van der Waals surface area (Å²) in [7, 11) is 0. The minimum absolute atomic E-state index is 0.207. The number of benzene rings is 1. The van der Waals surface area contributed by atoms with E-state index in [0.29, 0.717) is 12.4 Å². The molecule has 0 saturated heterocycles. The molecule has 2 N–H and O–H groups in total. The van der Waals surface area contributed by atoms with Gasteiger partial charge < -0.3 is 15.2 Å². The lowest BCUT2D eigenvalue weighted by atomic mass is 9.89. The number of phenolic OH excluding ortho intramolecular Hbond substituents is 1. The normalized spacial score (nSPS) is 11.6. The third-order valence-corrected chi connectivity index (χ3v) is 4.02. The van der Waals surface area contributed by atoms with E-state index in [4.69, 9.17) is 4.74 Å². The first-order chi connectivity index (χ1) is 9.10. The molecule has 0 aliphatic heterocycles. The van der Waals surface area contributed by atoms with Crippen LogP contribution in [0, 0.1) is 0 Å². The quantitative estimate of drug-likeness (QED) is 0.750. The Morgan fingerprint density at radius 2 is 1.74 bits per heavy atom. The summed E-state index contributed by atoms with van der Waals surface area (Å²) in [6.07, 6.45) is 3.36. The Balaban J connectivity index is 2.74. The van der Waals surface area contributed by atoms with Crippen molar-refractivity contribution < 1.29 is 9.84 Å². The molecule has 0 atom stereocenters. The van der Waals surface area contributed by atoms with Crippen molar-refractivity contribution in [3.05, 3.63) is 23.8 Å². The van der Waals surface area contributed by atoms with Crippen LogP contribution in [0.15, 0.2) is 18.2 Å². The van der Waals surface area contributed by atoms with Crippen LogP contribution in [0.3, 0.4) is 0 Å². The number of phenols is 1. The van der Waals surface area contributed by atoms with Crippen LogP contribution in [0.1, 0.15) is 52.5 Å². The topological polar surface area (TPSA) is 41.5 Å². The Bertz CT molecular complexity index is 378. The molecule has 0 fully saturated rings. The van der Waals surface area contributed by atoms with Crippen LogP contribution in [0.25, 0.3) is 0 Å². The number of rotatable bonds is 8. The van der Waals surface area contributed by atoms with E-state index in [-0.39, 0.29) is 11.3 Å². The lowest BCUT2D eigenvalue weighted by Crippen LogP contribution is -2.43. The van der Waals surface area contributed by atoms with Gasteiger partial charge >= 0.3 is 0 Å². The van der Waals surface area contributed by atoms with Gasteiger partial charge in [-0.3, -0.25) is 0 Å². The van der Waals surface area contributed by atoms with Gasteiger partial charge in [0.1, 0.15) is 0 Å². The van der Waals surface area contributed by atoms with Crippen LogP contribution in [0.5, 0.6) is 11.5 Å². The van der Waals surface area contributed by atoms with E-state index in [9.17, 15) is 5.11 Å². The molecule has 0 bridgehead atoms. The van der Waals surface area contributed by atoms with Crippen molar-refractivity contribution >= 4 is 0 Å². The van der Waals surface area contributed by atoms with E-state index in [0.717, 1.165) is 31.4 Å². The van der Waals surface area contributed by atoms with Crippen molar-refractivity contribution in [2.45, 2.75) is 59.0 Å². The zero-order chi connectivity index (χ0) is 14.3. The van der Waals surface area contributed by atoms with Gasteiger partial charge in [-0.2, -0.15) is 0 Å².